The molecule has 0 aliphatic heterocycles. The minimum Gasteiger partial charge on any atom is -0.463 e. The van der Waals surface area contributed by atoms with Crippen molar-refractivity contribution < 1.29 is 19.1 Å². The predicted molar refractivity (Wildman–Crippen MR) is 55.2 cm³/mol. The molecule has 0 aliphatic carbocycles. The highest BCUT2D eigenvalue weighted by Gasteiger charge is 1.98. The van der Waals surface area contributed by atoms with E-state index in [4.69, 9.17) is 4.74 Å². The van der Waals surface area contributed by atoms with Gasteiger partial charge in [-0.2, -0.15) is 0 Å². The lowest BCUT2D eigenvalue weighted by atomic mass is 10.4. The van der Waals surface area contributed by atoms with E-state index in [2.05, 4.69) is 10.1 Å². The van der Waals surface area contributed by atoms with Gasteiger partial charge in [0.2, 0.25) is 0 Å². The molecule has 0 rings (SSSR count). The maximum Gasteiger partial charge on any atom is 0.411 e. The summed E-state index contributed by atoms with van der Waals surface area (Å²) < 4.78 is 9.38. The van der Waals surface area contributed by atoms with Gasteiger partial charge in [-0.15, -0.1) is 0 Å². The van der Waals surface area contributed by atoms with Gasteiger partial charge in [-0.3, -0.25) is 5.32 Å². The van der Waals surface area contributed by atoms with E-state index in [1.165, 1.54) is 6.20 Å². The number of alkyl carbamates (subject to hydrolysis) is 1. The van der Waals surface area contributed by atoms with E-state index in [1.54, 1.807) is 6.92 Å². The van der Waals surface area contributed by atoms with Crippen LogP contribution in [0.4, 0.5) is 4.79 Å². The highest BCUT2D eigenvalue weighted by molar-refractivity contribution is 5.82. The molecule has 15 heavy (non-hydrogen) atoms. The Hall–Kier alpha value is -1.52. The van der Waals surface area contributed by atoms with Crippen LogP contribution >= 0.6 is 0 Å². The molecule has 0 aliphatic rings. The first kappa shape index (κ1) is 13.5. The summed E-state index contributed by atoms with van der Waals surface area (Å²) in [5.41, 5.74) is 0. The van der Waals surface area contributed by atoms with E-state index >= 15 is 0 Å². The zero-order valence-electron chi connectivity index (χ0n) is 9.12. The van der Waals surface area contributed by atoms with E-state index in [9.17, 15) is 9.59 Å². The van der Waals surface area contributed by atoms with Crippen molar-refractivity contribution in [3.05, 3.63) is 12.3 Å². The first-order valence-corrected chi connectivity index (χ1v) is 4.97. The minimum absolute atomic E-state index is 0.310. The highest BCUT2D eigenvalue weighted by atomic mass is 16.5. The lowest BCUT2D eigenvalue weighted by Crippen LogP contribution is -2.19. The Morgan fingerprint density at radius 2 is 2.00 bits per heavy atom. The van der Waals surface area contributed by atoms with E-state index in [-0.39, 0.29) is 0 Å². The van der Waals surface area contributed by atoms with Crippen LogP contribution in [0.2, 0.25) is 0 Å². The van der Waals surface area contributed by atoms with Crippen molar-refractivity contribution in [2.45, 2.75) is 26.7 Å². The Bertz CT molecular complexity index is 225. The monoisotopic (exact) mass is 215 g/mol. The van der Waals surface area contributed by atoms with Gasteiger partial charge in [0.1, 0.15) is 0 Å². The predicted octanol–water partition coefficient (Wildman–Crippen LogP) is 1.59. The Labute approximate surface area is 89.4 Å². The van der Waals surface area contributed by atoms with Gasteiger partial charge in [-0.1, -0.05) is 13.3 Å². The fourth-order valence-electron chi connectivity index (χ4n) is 0.719. The van der Waals surface area contributed by atoms with Crippen molar-refractivity contribution in [1.82, 2.24) is 5.32 Å². The number of ether oxygens (including phenoxy) is 2. The third kappa shape index (κ3) is 8.80. The number of esters is 1. The van der Waals surface area contributed by atoms with Gasteiger partial charge in [0, 0.05) is 12.3 Å². The molecule has 0 aromatic heterocycles. The third-order valence-electron chi connectivity index (χ3n) is 1.44. The summed E-state index contributed by atoms with van der Waals surface area (Å²) in [7, 11) is 0. The summed E-state index contributed by atoms with van der Waals surface area (Å²) in [6.45, 7) is 4.40. The summed E-state index contributed by atoms with van der Waals surface area (Å²) in [6.07, 6.45) is 3.56. The fraction of sp³-hybridized carbons (Fsp3) is 0.600. The number of rotatable bonds is 6. The van der Waals surface area contributed by atoms with Crippen LogP contribution in [0.25, 0.3) is 0 Å². The van der Waals surface area contributed by atoms with Crippen LogP contribution in [-0.2, 0) is 14.3 Å². The maximum atomic E-state index is 10.9. The largest absolute Gasteiger partial charge is 0.463 e. The smallest absolute Gasteiger partial charge is 0.411 e. The Balaban J connectivity index is 3.56. The van der Waals surface area contributed by atoms with E-state index in [0.29, 0.717) is 13.2 Å². The molecule has 5 heteroatoms. The SMILES string of the molecule is CCCCOC(=O)N/C=C\C(=O)OCC. The Morgan fingerprint density at radius 3 is 2.60 bits per heavy atom. The highest BCUT2D eigenvalue weighted by Crippen LogP contribution is 1.88. The van der Waals surface area contributed by atoms with Gasteiger partial charge in [0.15, 0.2) is 0 Å². The zero-order valence-corrected chi connectivity index (χ0v) is 9.12. The normalized spacial score (nSPS) is 10.0. The van der Waals surface area contributed by atoms with Gasteiger partial charge < -0.3 is 9.47 Å². The Kier molecular flexibility index (Phi) is 8.13. The van der Waals surface area contributed by atoms with Crippen LogP contribution < -0.4 is 5.32 Å². The van der Waals surface area contributed by atoms with Crippen LogP contribution in [-0.4, -0.2) is 25.3 Å². The van der Waals surface area contributed by atoms with Crippen LogP contribution in [0.3, 0.4) is 0 Å². The Morgan fingerprint density at radius 1 is 1.27 bits per heavy atom. The number of carbonyl (C=O) groups is 2. The summed E-state index contributed by atoms with van der Waals surface area (Å²) in [5.74, 6) is -0.494. The average molecular weight is 215 g/mol. The molecule has 0 saturated carbocycles. The summed E-state index contributed by atoms with van der Waals surface area (Å²) in [4.78, 5) is 21.7. The number of hydrogen-bond donors (Lipinski definition) is 1. The van der Waals surface area contributed by atoms with Crippen molar-refractivity contribution in [2.24, 2.45) is 0 Å². The molecule has 0 spiro atoms. The second-order valence-corrected chi connectivity index (χ2v) is 2.72. The lowest BCUT2D eigenvalue weighted by molar-refractivity contribution is -0.137. The van der Waals surface area contributed by atoms with Crippen molar-refractivity contribution in [2.75, 3.05) is 13.2 Å². The zero-order chi connectivity index (χ0) is 11.5. The van der Waals surface area contributed by atoms with Gasteiger partial charge >= 0.3 is 12.1 Å². The molecule has 0 aromatic rings. The average Bonchev–Trinajstić information content (AvgIpc) is 2.18. The van der Waals surface area contributed by atoms with E-state index in [0.717, 1.165) is 18.9 Å². The van der Waals surface area contributed by atoms with Crippen molar-refractivity contribution >= 4 is 12.1 Å². The molecule has 0 radical (unpaired) electrons. The molecule has 1 N–H and O–H groups in total. The second-order valence-electron chi connectivity index (χ2n) is 2.72. The molecule has 5 nitrogen and oxygen atoms in total. The molecule has 0 unspecified atom stereocenters. The number of hydrogen-bond acceptors (Lipinski definition) is 4. The number of amides is 1. The maximum absolute atomic E-state index is 10.9. The van der Waals surface area contributed by atoms with E-state index < -0.39 is 12.1 Å². The number of nitrogens with one attached hydrogen (secondary N) is 1. The summed E-state index contributed by atoms with van der Waals surface area (Å²) >= 11 is 0. The molecule has 86 valence electrons. The summed E-state index contributed by atoms with van der Waals surface area (Å²) in [6, 6.07) is 0. The molecule has 0 bridgehead atoms. The standard InChI is InChI=1S/C10H17NO4/c1-3-5-8-15-10(13)11-7-6-9(12)14-4-2/h6-7H,3-5,8H2,1-2H3,(H,11,13)/b7-6-. The molecule has 1 amide bonds. The van der Waals surface area contributed by atoms with Gasteiger partial charge in [0.25, 0.3) is 0 Å². The molecule has 0 atom stereocenters. The first-order chi connectivity index (χ1) is 7.20. The number of unbranched alkanes of at least 4 members (excludes halogenated alkanes) is 1. The van der Waals surface area contributed by atoms with Crippen LogP contribution in [0.15, 0.2) is 12.3 Å². The van der Waals surface area contributed by atoms with Gasteiger partial charge in [-0.25, -0.2) is 9.59 Å². The summed E-state index contributed by atoms with van der Waals surface area (Å²) in [5, 5.41) is 2.29. The first-order valence-electron chi connectivity index (χ1n) is 4.97. The fourth-order valence-corrected chi connectivity index (χ4v) is 0.719. The molecule has 0 fully saturated rings. The molecular weight excluding hydrogens is 198 g/mol. The second kappa shape index (κ2) is 9.05. The quantitative estimate of drug-likeness (QED) is 0.415. The molecule has 0 aromatic carbocycles. The molecule has 0 heterocycles. The number of carbonyl (C=O) groups excluding carboxylic acids is 2. The molecule has 0 saturated heterocycles. The van der Waals surface area contributed by atoms with Gasteiger partial charge in [0.05, 0.1) is 13.2 Å². The van der Waals surface area contributed by atoms with Crippen molar-refractivity contribution in [1.29, 1.82) is 0 Å². The topological polar surface area (TPSA) is 64.6 Å². The van der Waals surface area contributed by atoms with Crippen LogP contribution in [0.5, 0.6) is 0 Å². The third-order valence-corrected chi connectivity index (χ3v) is 1.44. The minimum atomic E-state index is -0.566. The van der Waals surface area contributed by atoms with E-state index in [1.807, 2.05) is 6.92 Å². The van der Waals surface area contributed by atoms with Crippen molar-refractivity contribution in [3.8, 4) is 0 Å². The van der Waals surface area contributed by atoms with Crippen molar-refractivity contribution in [3.63, 3.8) is 0 Å². The van der Waals surface area contributed by atoms with Crippen LogP contribution in [0, 0.1) is 0 Å². The lowest BCUT2D eigenvalue weighted by Gasteiger charge is -2.01. The van der Waals surface area contributed by atoms with Crippen LogP contribution in [0.1, 0.15) is 26.7 Å². The van der Waals surface area contributed by atoms with Gasteiger partial charge in [-0.05, 0) is 13.3 Å². The molecular formula is C10H17NO4.